The summed E-state index contributed by atoms with van der Waals surface area (Å²) < 4.78 is 25.0. The van der Waals surface area contributed by atoms with Gasteiger partial charge < -0.3 is 9.88 Å². The van der Waals surface area contributed by atoms with Crippen LogP contribution in [0, 0.1) is 0 Å². The highest BCUT2D eigenvalue weighted by atomic mass is 32.2. The van der Waals surface area contributed by atoms with Crippen molar-refractivity contribution in [3.63, 3.8) is 0 Å². The number of hydrogen-bond acceptors (Lipinski definition) is 4. The van der Waals surface area contributed by atoms with Gasteiger partial charge in [-0.25, -0.2) is 13.4 Å². The van der Waals surface area contributed by atoms with E-state index in [9.17, 15) is 13.2 Å². The van der Waals surface area contributed by atoms with Gasteiger partial charge in [-0.3, -0.25) is 4.79 Å². The second-order valence-electron chi connectivity index (χ2n) is 6.49. The van der Waals surface area contributed by atoms with Gasteiger partial charge in [-0.1, -0.05) is 12.1 Å². The number of aromatic nitrogens is 2. The lowest BCUT2D eigenvalue weighted by Gasteiger charge is -2.13. The van der Waals surface area contributed by atoms with E-state index in [1.807, 2.05) is 28.8 Å². The molecule has 23 heavy (non-hydrogen) atoms. The van der Waals surface area contributed by atoms with E-state index in [1.54, 1.807) is 0 Å². The van der Waals surface area contributed by atoms with E-state index in [2.05, 4.69) is 10.3 Å². The van der Waals surface area contributed by atoms with E-state index < -0.39 is 9.84 Å². The van der Waals surface area contributed by atoms with Crippen LogP contribution in [0.2, 0.25) is 0 Å². The van der Waals surface area contributed by atoms with E-state index in [0.717, 1.165) is 29.7 Å². The number of rotatable bonds is 4. The van der Waals surface area contributed by atoms with Crippen molar-refractivity contribution in [3.05, 3.63) is 30.1 Å². The fourth-order valence-corrected chi connectivity index (χ4v) is 4.91. The van der Waals surface area contributed by atoms with Crippen LogP contribution in [0.4, 0.5) is 0 Å². The highest BCUT2D eigenvalue weighted by Crippen LogP contribution is 2.40. The third-order valence-corrected chi connectivity index (χ3v) is 6.29. The number of sulfone groups is 1. The first-order valence-electron chi connectivity index (χ1n) is 7.97. The molecule has 2 aliphatic rings. The number of nitrogens with one attached hydrogen (secondary N) is 1. The SMILES string of the molecule is O=C(Cn1c(C2CC2)nc2ccccc21)N[C@H]1CCS(=O)(=O)C1. The van der Waals surface area contributed by atoms with Crippen molar-refractivity contribution in [1.82, 2.24) is 14.9 Å². The average molecular weight is 333 g/mol. The van der Waals surface area contributed by atoms with Crippen LogP contribution in [-0.4, -0.2) is 41.4 Å². The second kappa shape index (κ2) is 5.33. The maximum atomic E-state index is 12.4. The topological polar surface area (TPSA) is 81.1 Å². The lowest BCUT2D eigenvalue weighted by Crippen LogP contribution is -2.37. The molecule has 1 aliphatic carbocycles. The van der Waals surface area contributed by atoms with E-state index in [0.29, 0.717) is 12.3 Å². The van der Waals surface area contributed by atoms with Crippen molar-refractivity contribution in [3.8, 4) is 0 Å². The predicted octanol–water partition coefficient (Wildman–Crippen LogP) is 1.22. The smallest absolute Gasteiger partial charge is 0.240 e. The van der Waals surface area contributed by atoms with Crippen LogP contribution in [0.25, 0.3) is 11.0 Å². The minimum Gasteiger partial charge on any atom is -0.351 e. The standard InChI is InChI=1S/C16H19N3O3S/c20-15(17-12-7-8-23(21,22)10-12)9-19-14-4-2-1-3-13(14)18-16(19)11-5-6-11/h1-4,11-12H,5-10H2,(H,17,20)/t12-/m0/s1. The van der Waals surface area contributed by atoms with Crippen LogP contribution in [-0.2, 0) is 21.2 Å². The molecule has 1 amide bonds. The van der Waals surface area contributed by atoms with Gasteiger partial charge >= 0.3 is 0 Å². The molecule has 0 unspecified atom stereocenters. The van der Waals surface area contributed by atoms with Gasteiger partial charge in [0.1, 0.15) is 12.4 Å². The van der Waals surface area contributed by atoms with Gasteiger partial charge in [-0.15, -0.1) is 0 Å². The molecule has 1 saturated heterocycles. The van der Waals surface area contributed by atoms with Gasteiger partial charge in [0.05, 0.1) is 22.5 Å². The Hall–Kier alpha value is -1.89. The molecule has 2 fully saturated rings. The summed E-state index contributed by atoms with van der Waals surface area (Å²) >= 11 is 0. The number of carbonyl (C=O) groups is 1. The lowest BCUT2D eigenvalue weighted by atomic mass is 10.2. The fourth-order valence-electron chi connectivity index (χ4n) is 3.24. The third-order valence-electron chi connectivity index (χ3n) is 4.53. The molecule has 0 radical (unpaired) electrons. The van der Waals surface area contributed by atoms with Crippen LogP contribution in [0.5, 0.6) is 0 Å². The van der Waals surface area contributed by atoms with Crippen LogP contribution in [0.15, 0.2) is 24.3 Å². The summed E-state index contributed by atoms with van der Waals surface area (Å²) in [7, 11) is -2.98. The van der Waals surface area contributed by atoms with E-state index >= 15 is 0 Å². The number of imidazole rings is 1. The molecule has 1 aromatic heterocycles. The summed E-state index contributed by atoms with van der Waals surface area (Å²) in [6, 6.07) is 7.56. The molecule has 1 aromatic carbocycles. The van der Waals surface area contributed by atoms with Gasteiger partial charge in [0.15, 0.2) is 9.84 Å². The summed E-state index contributed by atoms with van der Waals surface area (Å²) in [6.45, 7) is 0.197. The normalized spacial score (nSPS) is 23.2. The largest absolute Gasteiger partial charge is 0.351 e. The van der Waals surface area contributed by atoms with Crippen molar-refractivity contribution in [2.75, 3.05) is 11.5 Å². The van der Waals surface area contributed by atoms with Crippen LogP contribution in [0.3, 0.4) is 0 Å². The maximum absolute atomic E-state index is 12.4. The minimum atomic E-state index is -2.98. The van der Waals surface area contributed by atoms with Crippen LogP contribution >= 0.6 is 0 Å². The molecule has 122 valence electrons. The minimum absolute atomic E-state index is 0.0545. The maximum Gasteiger partial charge on any atom is 0.240 e. The Kier molecular flexibility index (Phi) is 3.41. The van der Waals surface area contributed by atoms with Gasteiger partial charge in [-0.05, 0) is 31.4 Å². The number of nitrogens with zero attached hydrogens (tertiary/aromatic N) is 2. The zero-order chi connectivity index (χ0) is 16.0. The Balaban J connectivity index is 1.55. The van der Waals surface area contributed by atoms with Gasteiger partial charge in [0.2, 0.25) is 5.91 Å². The van der Waals surface area contributed by atoms with Crippen molar-refractivity contribution >= 4 is 26.8 Å². The lowest BCUT2D eigenvalue weighted by molar-refractivity contribution is -0.122. The number of para-hydroxylation sites is 2. The molecule has 0 bridgehead atoms. The van der Waals surface area contributed by atoms with Crippen molar-refractivity contribution < 1.29 is 13.2 Å². The fraction of sp³-hybridized carbons (Fsp3) is 0.500. The Bertz CT molecular complexity index is 868. The Morgan fingerprint density at radius 1 is 1.26 bits per heavy atom. The molecule has 1 N–H and O–H groups in total. The molecule has 7 heteroatoms. The number of amides is 1. The summed E-state index contributed by atoms with van der Waals surface area (Å²) in [5.74, 6) is 1.50. The van der Waals surface area contributed by atoms with Gasteiger partial charge in [0.25, 0.3) is 0 Å². The van der Waals surface area contributed by atoms with Crippen molar-refractivity contribution in [2.24, 2.45) is 0 Å². The van der Waals surface area contributed by atoms with Gasteiger partial charge in [0, 0.05) is 12.0 Å². The molecule has 1 saturated carbocycles. The van der Waals surface area contributed by atoms with Crippen LogP contribution < -0.4 is 5.32 Å². The molecule has 4 rings (SSSR count). The molecule has 1 atom stereocenters. The average Bonchev–Trinajstić information content (AvgIpc) is 3.21. The highest BCUT2D eigenvalue weighted by molar-refractivity contribution is 7.91. The summed E-state index contributed by atoms with van der Waals surface area (Å²) in [5.41, 5.74) is 1.87. The predicted molar refractivity (Wildman–Crippen MR) is 86.9 cm³/mol. The summed E-state index contributed by atoms with van der Waals surface area (Å²) in [4.78, 5) is 17.0. The molecular formula is C16H19N3O3S. The monoisotopic (exact) mass is 333 g/mol. The first-order valence-corrected chi connectivity index (χ1v) is 9.79. The molecule has 2 heterocycles. The zero-order valence-corrected chi connectivity index (χ0v) is 13.6. The molecule has 6 nitrogen and oxygen atoms in total. The number of hydrogen-bond donors (Lipinski definition) is 1. The molecular weight excluding hydrogens is 314 g/mol. The highest BCUT2D eigenvalue weighted by Gasteiger charge is 2.31. The quantitative estimate of drug-likeness (QED) is 0.912. The summed E-state index contributed by atoms with van der Waals surface area (Å²) in [6.07, 6.45) is 2.74. The number of carbonyl (C=O) groups excluding carboxylic acids is 1. The van der Waals surface area contributed by atoms with E-state index in [-0.39, 0.29) is 30.0 Å². The Morgan fingerprint density at radius 3 is 2.74 bits per heavy atom. The van der Waals surface area contributed by atoms with E-state index in [1.165, 1.54) is 0 Å². The van der Waals surface area contributed by atoms with Crippen molar-refractivity contribution in [1.29, 1.82) is 0 Å². The third kappa shape index (κ3) is 2.97. The first-order chi connectivity index (χ1) is 11.0. The molecule has 2 aromatic rings. The van der Waals surface area contributed by atoms with Crippen molar-refractivity contribution in [2.45, 2.75) is 37.8 Å². The summed E-state index contributed by atoms with van der Waals surface area (Å²) in [5, 5.41) is 2.86. The first kappa shape index (κ1) is 14.7. The number of benzene rings is 1. The Labute approximate surface area is 134 Å². The molecule has 1 aliphatic heterocycles. The van der Waals surface area contributed by atoms with Crippen LogP contribution in [0.1, 0.15) is 31.0 Å². The van der Waals surface area contributed by atoms with E-state index in [4.69, 9.17) is 0 Å². The molecule has 0 spiro atoms. The number of fused-ring (bicyclic) bond motifs is 1. The second-order valence-corrected chi connectivity index (χ2v) is 8.72. The Morgan fingerprint density at radius 2 is 2.04 bits per heavy atom. The zero-order valence-electron chi connectivity index (χ0n) is 12.7. The van der Waals surface area contributed by atoms with Gasteiger partial charge in [-0.2, -0.15) is 0 Å².